The van der Waals surface area contributed by atoms with Crippen LogP contribution in [0.25, 0.3) is 0 Å². The molecule has 3 nitrogen and oxygen atoms in total. The Morgan fingerprint density at radius 3 is 2.86 bits per heavy atom. The first-order valence-corrected chi connectivity index (χ1v) is 8.28. The summed E-state index contributed by atoms with van der Waals surface area (Å²) in [5.41, 5.74) is 8.62. The molecule has 3 atom stereocenters. The van der Waals surface area contributed by atoms with Crippen molar-refractivity contribution in [2.75, 3.05) is 6.54 Å². The van der Waals surface area contributed by atoms with Gasteiger partial charge in [-0.3, -0.25) is 4.79 Å². The van der Waals surface area contributed by atoms with Crippen LogP contribution in [0.15, 0.2) is 24.3 Å². The van der Waals surface area contributed by atoms with Crippen LogP contribution in [-0.4, -0.2) is 23.4 Å². The van der Waals surface area contributed by atoms with Crippen molar-refractivity contribution in [3.63, 3.8) is 0 Å². The molecule has 0 bridgehead atoms. The molecule has 1 aromatic rings. The fourth-order valence-electron chi connectivity index (χ4n) is 3.94. The van der Waals surface area contributed by atoms with E-state index in [1.54, 1.807) is 0 Å². The van der Waals surface area contributed by atoms with E-state index in [0.29, 0.717) is 5.91 Å². The van der Waals surface area contributed by atoms with Crippen molar-refractivity contribution in [1.29, 1.82) is 0 Å². The van der Waals surface area contributed by atoms with Crippen molar-refractivity contribution < 1.29 is 4.79 Å². The highest BCUT2D eigenvalue weighted by atomic mass is 16.2. The highest BCUT2D eigenvalue weighted by molar-refractivity contribution is 5.79. The van der Waals surface area contributed by atoms with E-state index < -0.39 is 0 Å². The Balaban J connectivity index is 1.75. The van der Waals surface area contributed by atoms with Gasteiger partial charge in [0.1, 0.15) is 0 Å². The van der Waals surface area contributed by atoms with Gasteiger partial charge in [-0.25, -0.2) is 0 Å². The third-order valence-corrected chi connectivity index (χ3v) is 5.03. The fraction of sp³-hybridized carbons (Fsp3) is 0.611. The predicted octanol–water partition coefficient (Wildman–Crippen LogP) is 3.18. The average molecular weight is 286 g/mol. The summed E-state index contributed by atoms with van der Waals surface area (Å²) in [6.07, 6.45) is 6.27. The summed E-state index contributed by atoms with van der Waals surface area (Å²) in [6, 6.07) is 9.09. The number of hydrogen-bond donors (Lipinski definition) is 1. The smallest absolute Gasteiger partial charge is 0.226 e. The van der Waals surface area contributed by atoms with Crippen molar-refractivity contribution in [3.05, 3.63) is 35.4 Å². The molecule has 1 saturated carbocycles. The monoisotopic (exact) mass is 286 g/mol. The summed E-state index contributed by atoms with van der Waals surface area (Å²) >= 11 is 0. The molecular formula is C18H26N2O. The highest BCUT2D eigenvalue weighted by Gasteiger charge is 2.35. The molecule has 0 radical (unpaired) electrons. The molecule has 1 aliphatic carbocycles. The number of rotatable bonds is 2. The maximum Gasteiger partial charge on any atom is 0.226 e. The first kappa shape index (κ1) is 14.6. The summed E-state index contributed by atoms with van der Waals surface area (Å²) in [4.78, 5) is 15.0. The second-order valence-electron chi connectivity index (χ2n) is 6.73. The molecule has 1 aliphatic heterocycles. The number of aryl methyl sites for hydroxylation is 1. The number of hydrogen-bond acceptors (Lipinski definition) is 2. The van der Waals surface area contributed by atoms with Crippen LogP contribution in [0, 0.1) is 12.8 Å². The van der Waals surface area contributed by atoms with Gasteiger partial charge in [-0.2, -0.15) is 0 Å². The number of amides is 1. The number of nitrogens with two attached hydrogens (primary N) is 1. The maximum absolute atomic E-state index is 12.9. The Bertz CT molecular complexity index is 514. The minimum atomic E-state index is 0.152. The van der Waals surface area contributed by atoms with E-state index >= 15 is 0 Å². The summed E-state index contributed by atoms with van der Waals surface area (Å²) in [5.74, 6) is 0.494. The quantitative estimate of drug-likeness (QED) is 0.907. The Labute approximate surface area is 127 Å². The lowest BCUT2D eigenvalue weighted by atomic mass is 9.85. The largest absolute Gasteiger partial charge is 0.335 e. The lowest BCUT2D eigenvalue weighted by molar-refractivity contribution is -0.137. The Kier molecular flexibility index (Phi) is 4.29. The Hall–Kier alpha value is -1.35. The van der Waals surface area contributed by atoms with E-state index in [9.17, 15) is 4.79 Å². The number of nitrogens with zero attached hydrogens (tertiary/aromatic N) is 1. The highest BCUT2D eigenvalue weighted by Crippen LogP contribution is 2.35. The van der Waals surface area contributed by atoms with Gasteiger partial charge in [-0.1, -0.05) is 36.2 Å². The van der Waals surface area contributed by atoms with Crippen molar-refractivity contribution in [2.24, 2.45) is 11.7 Å². The fourth-order valence-corrected chi connectivity index (χ4v) is 3.94. The SMILES string of the molecule is Cc1cccc(C2CCCN2C(=O)C2CCCC(N)C2)c1. The predicted molar refractivity (Wildman–Crippen MR) is 84.8 cm³/mol. The maximum atomic E-state index is 12.9. The first-order valence-electron chi connectivity index (χ1n) is 8.28. The number of benzene rings is 1. The van der Waals surface area contributed by atoms with Crippen LogP contribution >= 0.6 is 0 Å². The zero-order valence-corrected chi connectivity index (χ0v) is 12.9. The molecule has 114 valence electrons. The molecule has 3 heteroatoms. The van der Waals surface area contributed by atoms with Crippen molar-refractivity contribution in [1.82, 2.24) is 4.90 Å². The van der Waals surface area contributed by atoms with Crippen LogP contribution in [0.5, 0.6) is 0 Å². The van der Waals surface area contributed by atoms with Gasteiger partial charge in [0.05, 0.1) is 6.04 Å². The number of likely N-dealkylation sites (tertiary alicyclic amines) is 1. The molecule has 3 unspecified atom stereocenters. The summed E-state index contributed by atoms with van der Waals surface area (Å²) < 4.78 is 0. The van der Waals surface area contributed by atoms with Crippen LogP contribution in [0.1, 0.15) is 55.7 Å². The average Bonchev–Trinajstić information content (AvgIpc) is 2.96. The molecular weight excluding hydrogens is 260 g/mol. The molecule has 2 N–H and O–H groups in total. The Morgan fingerprint density at radius 2 is 2.10 bits per heavy atom. The van der Waals surface area contributed by atoms with Crippen LogP contribution in [0.4, 0.5) is 0 Å². The van der Waals surface area contributed by atoms with Gasteiger partial charge in [0.15, 0.2) is 0 Å². The topological polar surface area (TPSA) is 46.3 Å². The van der Waals surface area contributed by atoms with E-state index in [0.717, 1.165) is 45.1 Å². The summed E-state index contributed by atoms with van der Waals surface area (Å²) in [7, 11) is 0. The molecule has 1 heterocycles. The minimum absolute atomic E-state index is 0.152. The summed E-state index contributed by atoms with van der Waals surface area (Å²) in [6.45, 7) is 3.02. The second kappa shape index (κ2) is 6.18. The van der Waals surface area contributed by atoms with Crippen molar-refractivity contribution in [2.45, 2.75) is 57.5 Å². The molecule has 1 saturated heterocycles. The van der Waals surface area contributed by atoms with Crippen molar-refractivity contribution in [3.8, 4) is 0 Å². The lowest BCUT2D eigenvalue weighted by Crippen LogP contribution is -2.40. The minimum Gasteiger partial charge on any atom is -0.335 e. The molecule has 3 rings (SSSR count). The first-order chi connectivity index (χ1) is 10.1. The number of carbonyl (C=O) groups is 1. The molecule has 0 spiro atoms. The van der Waals surface area contributed by atoms with Crippen LogP contribution in [0.2, 0.25) is 0 Å². The van der Waals surface area contributed by atoms with Gasteiger partial charge >= 0.3 is 0 Å². The summed E-state index contributed by atoms with van der Waals surface area (Å²) in [5, 5.41) is 0. The van der Waals surface area contributed by atoms with Gasteiger partial charge in [0.25, 0.3) is 0 Å². The molecule has 21 heavy (non-hydrogen) atoms. The number of carbonyl (C=O) groups excluding carboxylic acids is 1. The molecule has 1 aromatic carbocycles. The molecule has 1 amide bonds. The van der Waals surface area contributed by atoms with E-state index in [-0.39, 0.29) is 18.0 Å². The van der Waals surface area contributed by atoms with E-state index in [1.165, 1.54) is 11.1 Å². The van der Waals surface area contributed by atoms with E-state index in [2.05, 4.69) is 36.1 Å². The van der Waals surface area contributed by atoms with Gasteiger partial charge in [-0.15, -0.1) is 0 Å². The molecule has 2 fully saturated rings. The van der Waals surface area contributed by atoms with Crippen LogP contribution < -0.4 is 5.73 Å². The molecule has 2 aliphatic rings. The van der Waals surface area contributed by atoms with Crippen LogP contribution in [-0.2, 0) is 4.79 Å². The zero-order valence-electron chi connectivity index (χ0n) is 12.9. The lowest BCUT2D eigenvalue weighted by Gasteiger charge is -2.32. The van der Waals surface area contributed by atoms with E-state index in [1.807, 2.05) is 0 Å². The third kappa shape index (κ3) is 3.13. The molecule has 0 aromatic heterocycles. The van der Waals surface area contributed by atoms with Gasteiger partial charge in [-0.05, 0) is 44.6 Å². The van der Waals surface area contributed by atoms with Gasteiger partial charge in [0, 0.05) is 18.5 Å². The zero-order chi connectivity index (χ0) is 14.8. The Morgan fingerprint density at radius 1 is 1.24 bits per heavy atom. The third-order valence-electron chi connectivity index (χ3n) is 5.03. The second-order valence-corrected chi connectivity index (χ2v) is 6.73. The normalized spacial score (nSPS) is 29.6. The van der Waals surface area contributed by atoms with Gasteiger partial charge in [0.2, 0.25) is 5.91 Å². The van der Waals surface area contributed by atoms with Crippen LogP contribution in [0.3, 0.4) is 0 Å². The van der Waals surface area contributed by atoms with Gasteiger partial charge < -0.3 is 10.6 Å². The van der Waals surface area contributed by atoms with Crippen molar-refractivity contribution >= 4 is 5.91 Å². The van der Waals surface area contributed by atoms with E-state index in [4.69, 9.17) is 5.73 Å². The standard InChI is InChI=1S/C18H26N2O/c1-13-5-2-6-14(11-13)17-9-4-10-20(17)18(21)15-7-3-8-16(19)12-15/h2,5-6,11,15-17H,3-4,7-10,12,19H2,1H3.